The molecule has 0 saturated carbocycles. The van der Waals surface area contributed by atoms with Gasteiger partial charge in [0.25, 0.3) is 0 Å². The van der Waals surface area contributed by atoms with Crippen molar-refractivity contribution in [2.45, 2.75) is 12.5 Å². The number of nitrogens with one attached hydrogen (secondary N) is 1. The number of hydrogen-bond donors (Lipinski definition) is 2. The van der Waals surface area contributed by atoms with Crippen molar-refractivity contribution >= 4 is 33.2 Å². The first-order chi connectivity index (χ1) is 8.99. The van der Waals surface area contributed by atoms with E-state index >= 15 is 0 Å². The molecule has 0 radical (unpaired) electrons. The van der Waals surface area contributed by atoms with Gasteiger partial charge in [0.05, 0.1) is 10.7 Å². The SMILES string of the molecule is CC(O)(CNc1cc(Br)ccc1Cl)c1ccccc1. The molecule has 0 aliphatic rings. The van der Waals surface area contributed by atoms with E-state index in [1.54, 1.807) is 6.92 Å². The van der Waals surface area contributed by atoms with Crippen LogP contribution in [0.25, 0.3) is 0 Å². The van der Waals surface area contributed by atoms with Crippen LogP contribution in [0.1, 0.15) is 12.5 Å². The Kier molecular flexibility index (Phi) is 4.50. The number of hydrogen-bond acceptors (Lipinski definition) is 2. The Hall–Kier alpha value is -1.03. The van der Waals surface area contributed by atoms with Crippen LogP contribution in [-0.2, 0) is 5.60 Å². The van der Waals surface area contributed by atoms with Gasteiger partial charge >= 0.3 is 0 Å². The van der Waals surface area contributed by atoms with Crippen LogP contribution in [0.15, 0.2) is 53.0 Å². The number of benzene rings is 2. The van der Waals surface area contributed by atoms with E-state index in [0.29, 0.717) is 11.6 Å². The van der Waals surface area contributed by atoms with Crippen LogP contribution < -0.4 is 5.32 Å². The minimum absolute atomic E-state index is 0.382. The second kappa shape index (κ2) is 5.95. The third kappa shape index (κ3) is 3.72. The van der Waals surface area contributed by atoms with Gasteiger partial charge in [-0.25, -0.2) is 0 Å². The second-order valence-electron chi connectivity index (χ2n) is 4.62. The molecule has 1 unspecified atom stereocenters. The van der Waals surface area contributed by atoms with Crippen molar-refractivity contribution in [1.82, 2.24) is 0 Å². The molecule has 0 fully saturated rings. The molecule has 19 heavy (non-hydrogen) atoms. The summed E-state index contributed by atoms with van der Waals surface area (Å²) in [4.78, 5) is 0. The lowest BCUT2D eigenvalue weighted by molar-refractivity contribution is 0.0715. The van der Waals surface area contributed by atoms with Crippen LogP contribution in [0, 0.1) is 0 Å². The van der Waals surface area contributed by atoms with Crippen LogP contribution in [0.4, 0.5) is 5.69 Å². The first-order valence-electron chi connectivity index (χ1n) is 5.96. The molecule has 2 aromatic rings. The fourth-order valence-electron chi connectivity index (χ4n) is 1.80. The second-order valence-corrected chi connectivity index (χ2v) is 5.94. The Morgan fingerprint density at radius 2 is 1.89 bits per heavy atom. The zero-order chi connectivity index (χ0) is 13.9. The predicted octanol–water partition coefficient (Wildman–Crippen LogP) is 4.42. The molecule has 0 heterocycles. The number of rotatable bonds is 4. The van der Waals surface area contributed by atoms with Crippen molar-refractivity contribution in [1.29, 1.82) is 0 Å². The summed E-state index contributed by atoms with van der Waals surface area (Å²) < 4.78 is 0.943. The Balaban J connectivity index is 2.12. The third-order valence-corrected chi connectivity index (χ3v) is 3.77. The highest BCUT2D eigenvalue weighted by molar-refractivity contribution is 9.10. The van der Waals surface area contributed by atoms with E-state index < -0.39 is 5.60 Å². The zero-order valence-electron chi connectivity index (χ0n) is 10.5. The average molecular weight is 341 g/mol. The molecule has 0 amide bonds. The van der Waals surface area contributed by atoms with Gasteiger partial charge in [0.1, 0.15) is 5.60 Å². The largest absolute Gasteiger partial charge is 0.384 e. The molecule has 2 N–H and O–H groups in total. The molecular formula is C15H15BrClNO. The first kappa shape index (κ1) is 14.4. The molecule has 0 saturated heterocycles. The van der Waals surface area contributed by atoms with Crippen molar-refractivity contribution < 1.29 is 5.11 Å². The average Bonchev–Trinajstić information content (AvgIpc) is 2.41. The maximum absolute atomic E-state index is 10.5. The molecule has 0 aliphatic carbocycles. The van der Waals surface area contributed by atoms with E-state index in [4.69, 9.17) is 11.6 Å². The Morgan fingerprint density at radius 1 is 1.21 bits per heavy atom. The highest BCUT2D eigenvalue weighted by Crippen LogP contribution is 2.27. The summed E-state index contributed by atoms with van der Waals surface area (Å²) in [6.45, 7) is 2.16. The molecule has 0 bridgehead atoms. The molecule has 0 aromatic heterocycles. The van der Waals surface area contributed by atoms with Crippen molar-refractivity contribution in [3.8, 4) is 0 Å². The third-order valence-electron chi connectivity index (χ3n) is 2.95. The van der Waals surface area contributed by atoms with Gasteiger partial charge in [-0.05, 0) is 30.7 Å². The summed E-state index contributed by atoms with van der Waals surface area (Å²) in [5.41, 5.74) is 0.716. The number of halogens is 2. The molecular weight excluding hydrogens is 326 g/mol. The van der Waals surface area contributed by atoms with Gasteiger partial charge in [-0.15, -0.1) is 0 Å². The fourth-order valence-corrected chi connectivity index (χ4v) is 2.35. The van der Waals surface area contributed by atoms with E-state index in [9.17, 15) is 5.11 Å². The number of aliphatic hydroxyl groups is 1. The van der Waals surface area contributed by atoms with Crippen molar-refractivity contribution in [3.63, 3.8) is 0 Å². The molecule has 0 aliphatic heterocycles. The van der Waals surface area contributed by atoms with E-state index in [2.05, 4.69) is 21.2 Å². The van der Waals surface area contributed by atoms with Crippen molar-refractivity contribution in [2.75, 3.05) is 11.9 Å². The normalized spacial score (nSPS) is 13.9. The maximum Gasteiger partial charge on any atom is 0.104 e. The van der Waals surface area contributed by atoms with Gasteiger partial charge in [0.2, 0.25) is 0 Å². The summed E-state index contributed by atoms with van der Waals surface area (Å²) in [6.07, 6.45) is 0. The molecule has 100 valence electrons. The van der Waals surface area contributed by atoms with Crippen LogP contribution >= 0.6 is 27.5 Å². The van der Waals surface area contributed by atoms with Gasteiger partial charge in [-0.3, -0.25) is 0 Å². The highest BCUT2D eigenvalue weighted by Gasteiger charge is 2.22. The molecule has 2 rings (SSSR count). The lowest BCUT2D eigenvalue weighted by Crippen LogP contribution is -2.30. The lowest BCUT2D eigenvalue weighted by atomic mass is 9.96. The molecule has 4 heteroatoms. The van der Waals surface area contributed by atoms with Gasteiger partial charge in [-0.1, -0.05) is 57.9 Å². The maximum atomic E-state index is 10.5. The highest BCUT2D eigenvalue weighted by atomic mass is 79.9. The van der Waals surface area contributed by atoms with Crippen molar-refractivity contribution in [3.05, 3.63) is 63.6 Å². The Labute approximate surface area is 126 Å². The van der Waals surface area contributed by atoms with Gasteiger partial charge in [-0.2, -0.15) is 0 Å². The minimum Gasteiger partial charge on any atom is -0.384 e. The summed E-state index contributed by atoms with van der Waals surface area (Å²) in [7, 11) is 0. The topological polar surface area (TPSA) is 32.3 Å². The summed E-state index contributed by atoms with van der Waals surface area (Å²) in [5.74, 6) is 0. The van der Waals surface area contributed by atoms with Crippen LogP contribution in [0.3, 0.4) is 0 Å². The van der Waals surface area contributed by atoms with Crippen LogP contribution in [-0.4, -0.2) is 11.7 Å². The Bertz CT molecular complexity index is 557. The molecule has 2 nitrogen and oxygen atoms in total. The van der Waals surface area contributed by atoms with E-state index in [0.717, 1.165) is 15.7 Å². The van der Waals surface area contributed by atoms with Gasteiger partial charge in [0, 0.05) is 11.0 Å². The predicted molar refractivity (Wildman–Crippen MR) is 83.7 cm³/mol. The molecule has 0 spiro atoms. The minimum atomic E-state index is -0.951. The van der Waals surface area contributed by atoms with E-state index in [1.807, 2.05) is 48.5 Å². The smallest absolute Gasteiger partial charge is 0.104 e. The molecule has 1 atom stereocenters. The van der Waals surface area contributed by atoms with Crippen LogP contribution in [0.5, 0.6) is 0 Å². The van der Waals surface area contributed by atoms with E-state index in [1.165, 1.54) is 0 Å². The summed E-state index contributed by atoms with van der Waals surface area (Å²) in [5, 5.41) is 14.3. The van der Waals surface area contributed by atoms with Gasteiger partial charge in [0.15, 0.2) is 0 Å². The zero-order valence-corrected chi connectivity index (χ0v) is 12.9. The summed E-state index contributed by atoms with van der Waals surface area (Å²) in [6, 6.07) is 15.1. The Morgan fingerprint density at radius 3 is 2.58 bits per heavy atom. The monoisotopic (exact) mass is 339 g/mol. The van der Waals surface area contributed by atoms with Crippen molar-refractivity contribution in [2.24, 2.45) is 0 Å². The number of anilines is 1. The summed E-state index contributed by atoms with van der Waals surface area (Å²) >= 11 is 9.51. The standard InChI is InChI=1S/C15H15BrClNO/c1-15(19,11-5-3-2-4-6-11)10-18-14-9-12(16)7-8-13(14)17/h2-9,18-19H,10H2,1H3. The first-order valence-corrected chi connectivity index (χ1v) is 7.13. The van der Waals surface area contributed by atoms with E-state index in [-0.39, 0.29) is 0 Å². The van der Waals surface area contributed by atoms with Crippen LogP contribution in [0.2, 0.25) is 5.02 Å². The lowest BCUT2D eigenvalue weighted by Gasteiger charge is -2.25. The molecule has 2 aromatic carbocycles. The fraction of sp³-hybridized carbons (Fsp3) is 0.200. The van der Waals surface area contributed by atoms with Gasteiger partial charge < -0.3 is 10.4 Å². The quantitative estimate of drug-likeness (QED) is 0.863.